The number of nitrogens with zero attached hydrogens (tertiary/aromatic N) is 2. The van der Waals surface area contributed by atoms with Crippen molar-refractivity contribution < 1.29 is 19.1 Å². The number of piperazine rings is 1. The minimum Gasteiger partial charge on any atom is -0.493 e. The molecule has 2 aliphatic carbocycles. The molecule has 2 fully saturated rings. The number of rotatable bonds is 7. The lowest BCUT2D eigenvalue weighted by Gasteiger charge is -2.44. The molecule has 3 aliphatic rings. The summed E-state index contributed by atoms with van der Waals surface area (Å²) >= 11 is 0. The Morgan fingerprint density at radius 1 is 0.969 bits per heavy atom. The quantitative estimate of drug-likeness (QED) is 0.580. The molecule has 1 saturated heterocycles. The summed E-state index contributed by atoms with van der Waals surface area (Å²) in [7, 11) is 3.19. The Bertz CT molecular complexity index is 859. The Morgan fingerprint density at radius 2 is 1.75 bits per heavy atom. The number of allylic oxidation sites excluding steroid dienone is 1. The second-order valence-corrected chi connectivity index (χ2v) is 9.22. The lowest BCUT2D eigenvalue weighted by atomic mass is 9.91. The van der Waals surface area contributed by atoms with Gasteiger partial charge >= 0.3 is 0 Å². The lowest BCUT2D eigenvalue weighted by Crippen LogP contribution is -2.58. The maximum atomic E-state index is 13.8. The Labute approximate surface area is 191 Å². The Kier molecular flexibility index (Phi) is 7.38. The van der Waals surface area contributed by atoms with Gasteiger partial charge in [0.1, 0.15) is 12.6 Å². The van der Waals surface area contributed by atoms with Gasteiger partial charge in [0, 0.05) is 12.6 Å². The third-order valence-corrected chi connectivity index (χ3v) is 7.25. The summed E-state index contributed by atoms with van der Waals surface area (Å²) in [5.74, 6) is 1.29. The molecule has 174 valence electrons. The third-order valence-electron chi connectivity index (χ3n) is 7.25. The minimum absolute atomic E-state index is 0.0429. The van der Waals surface area contributed by atoms with Crippen molar-refractivity contribution >= 4 is 11.8 Å². The highest BCUT2D eigenvalue weighted by molar-refractivity contribution is 5.96. The number of hydrogen-bond acceptors (Lipinski definition) is 4. The summed E-state index contributed by atoms with van der Waals surface area (Å²) in [5.41, 5.74) is 2.21. The van der Waals surface area contributed by atoms with Crippen LogP contribution in [-0.2, 0) is 9.59 Å². The van der Waals surface area contributed by atoms with Gasteiger partial charge in [-0.25, -0.2) is 0 Å². The first kappa shape index (κ1) is 22.7. The van der Waals surface area contributed by atoms with Gasteiger partial charge < -0.3 is 19.3 Å². The minimum atomic E-state index is -0.609. The van der Waals surface area contributed by atoms with Gasteiger partial charge in [-0.1, -0.05) is 37.0 Å². The Morgan fingerprint density at radius 3 is 2.44 bits per heavy atom. The molecule has 1 heterocycles. The molecule has 0 aromatic heterocycles. The van der Waals surface area contributed by atoms with E-state index in [1.807, 2.05) is 23.1 Å². The van der Waals surface area contributed by atoms with Crippen molar-refractivity contribution in [2.45, 2.75) is 76.3 Å². The first-order chi connectivity index (χ1) is 15.6. The van der Waals surface area contributed by atoms with E-state index in [2.05, 4.69) is 6.08 Å². The molecular formula is C26H36N2O4. The predicted molar refractivity (Wildman–Crippen MR) is 124 cm³/mol. The van der Waals surface area contributed by atoms with Crippen LogP contribution in [0.15, 0.2) is 29.8 Å². The van der Waals surface area contributed by atoms with Crippen molar-refractivity contribution in [3.8, 4) is 11.5 Å². The molecule has 0 radical (unpaired) electrons. The summed E-state index contributed by atoms with van der Waals surface area (Å²) < 4.78 is 10.9. The Balaban J connectivity index is 1.63. The van der Waals surface area contributed by atoms with Crippen LogP contribution in [0.3, 0.4) is 0 Å². The average molecular weight is 441 g/mol. The van der Waals surface area contributed by atoms with Crippen LogP contribution in [0.4, 0.5) is 0 Å². The van der Waals surface area contributed by atoms with Gasteiger partial charge in [-0.15, -0.1) is 0 Å². The van der Waals surface area contributed by atoms with Crippen LogP contribution >= 0.6 is 0 Å². The summed E-state index contributed by atoms with van der Waals surface area (Å²) in [4.78, 5) is 30.9. The van der Waals surface area contributed by atoms with Gasteiger partial charge in [-0.05, 0) is 62.6 Å². The molecule has 32 heavy (non-hydrogen) atoms. The number of benzene rings is 1. The second kappa shape index (κ2) is 10.4. The van der Waals surface area contributed by atoms with E-state index in [0.29, 0.717) is 18.0 Å². The molecule has 1 saturated carbocycles. The topological polar surface area (TPSA) is 59.1 Å². The van der Waals surface area contributed by atoms with Crippen molar-refractivity contribution in [1.29, 1.82) is 0 Å². The fraction of sp³-hybridized carbons (Fsp3) is 0.615. The summed E-state index contributed by atoms with van der Waals surface area (Å²) in [6, 6.07) is 5.14. The van der Waals surface area contributed by atoms with Crippen LogP contribution in [0.2, 0.25) is 0 Å². The van der Waals surface area contributed by atoms with Gasteiger partial charge in [0.2, 0.25) is 5.91 Å². The highest BCUT2D eigenvalue weighted by Gasteiger charge is 2.43. The zero-order chi connectivity index (χ0) is 22.5. The first-order valence-corrected chi connectivity index (χ1v) is 12.1. The normalized spacial score (nSPS) is 22.7. The molecule has 1 aliphatic heterocycles. The molecule has 0 N–H and O–H groups in total. The first-order valence-electron chi connectivity index (χ1n) is 12.1. The molecule has 0 spiro atoms. The van der Waals surface area contributed by atoms with E-state index in [9.17, 15) is 9.59 Å². The van der Waals surface area contributed by atoms with E-state index in [-0.39, 0.29) is 24.4 Å². The van der Waals surface area contributed by atoms with Crippen molar-refractivity contribution in [3.05, 3.63) is 35.4 Å². The molecule has 1 aromatic rings. The summed E-state index contributed by atoms with van der Waals surface area (Å²) in [6.07, 6.45) is 13.3. The van der Waals surface area contributed by atoms with Crippen LogP contribution in [0.25, 0.3) is 0 Å². The third kappa shape index (κ3) is 4.79. The second-order valence-electron chi connectivity index (χ2n) is 9.22. The fourth-order valence-electron chi connectivity index (χ4n) is 5.45. The van der Waals surface area contributed by atoms with Gasteiger partial charge in [0.25, 0.3) is 5.91 Å². The van der Waals surface area contributed by atoms with Crippen molar-refractivity contribution in [2.75, 3.05) is 27.3 Å². The molecule has 4 rings (SSSR count). The number of amides is 2. The highest BCUT2D eigenvalue weighted by atomic mass is 16.5. The largest absolute Gasteiger partial charge is 0.493 e. The predicted octanol–water partition coefficient (Wildman–Crippen LogP) is 4.64. The van der Waals surface area contributed by atoms with Crippen molar-refractivity contribution in [1.82, 2.24) is 9.80 Å². The highest BCUT2D eigenvalue weighted by Crippen LogP contribution is 2.37. The van der Waals surface area contributed by atoms with Gasteiger partial charge in [-0.2, -0.15) is 0 Å². The standard InChI is InChI=1S/C26H36N2O4/c1-31-22-14-13-20(17-23(22)32-2)25-26(30)28(21-11-7-4-8-12-21)18-24(29)27(25)16-15-19-9-5-3-6-10-19/h9,13-14,17,21,25H,3-8,10-12,15-16,18H2,1-2H3/t25-/m1/s1. The smallest absolute Gasteiger partial charge is 0.250 e. The van der Waals surface area contributed by atoms with Crippen LogP contribution in [0, 0.1) is 0 Å². The molecule has 0 unspecified atom stereocenters. The molecule has 2 amide bonds. The van der Waals surface area contributed by atoms with Gasteiger partial charge in [0.05, 0.1) is 14.2 Å². The number of ether oxygens (including phenoxy) is 2. The van der Waals surface area contributed by atoms with Gasteiger partial charge in [0.15, 0.2) is 11.5 Å². The number of carbonyl (C=O) groups excluding carboxylic acids is 2. The van der Waals surface area contributed by atoms with Gasteiger partial charge in [-0.3, -0.25) is 9.59 Å². The average Bonchev–Trinajstić information content (AvgIpc) is 2.85. The monoisotopic (exact) mass is 440 g/mol. The number of methoxy groups -OCH3 is 2. The zero-order valence-electron chi connectivity index (χ0n) is 19.5. The van der Waals surface area contributed by atoms with Crippen LogP contribution in [-0.4, -0.2) is 55.0 Å². The Hall–Kier alpha value is -2.50. The maximum absolute atomic E-state index is 13.8. The number of carbonyl (C=O) groups is 2. The van der Waals surface area contributed by atoms with E-state index in [0.717, 1.165) is 50.5 Å². The fourth-order valence-corrected chi connectivity index (χ4v) is 5.45. The molecule has 0 bridgehead atoms. The van der Waals surface area contributed by atoms with E-state index in [1.165, 1.54) is 24.8 Å². The SMILES string of the molecule is COc1ccc([C@@H]2C(=O)N(C3CCCCC3)CC(=O)N2CCC2=CCCCC2)cc1OC. The summed E-state index contributed by atoms with van der Waals surface area (Å²) in [5, 5.41) is 0. The van der Waals surface area contributed by atoms with Crippen molar-refractivity contribution in [3.63, 3.8) is 0 Å². The van der Waals surface area contributed by atoms with Crippen LogP contribution in [0.1, 0.15) is 75.8 Å². The van der Waals surface area contributed by atoms with Crippen LogP contribution < -0.4 is 9.47 Å². The maximum Gasteiger partial charge on any atom is 0.250 e. The molecule has 1 aromatic carbocycles. The number of hydrogen-bond donors (Lipinski definition) is 0. The zero-order valence-corrected chi connectivity index (χ0v) is 19.5. The van der Waals surface area contributed by atoms with E-state index < -0.39 is 6.04 Å². The van der Waals surface area contributed by atoms with Crippen molar-refractivity contribution in [2.24, 2.45) is 0 Å². The molecule has 1 atom stereocenters. The van der Waals surface area contributed by atoms with E-state index in [4.69, 9.17) is 9.47 Å². The van der Waals surface area contributed by atoms with Crippen LogP contribution in [0.5, 0.6) is 11.5 Å². The van der Waals surface area contributed by atoms with E-state index >= 15 is 0 Å². The lowest BCUT2D eigenvalue weighted by molar-refractivity contribution is -0.159. The summed E-state index contributed by atoms with van der Waals surface area (Å²) in [6.45, 7) is 0.778. The molecule has 6 nitrogen and oxygen atoms in total. The van der Waals surface area contributed by atoms with E-state index in [1.54, 1.807) is 19.1 Å². The molecular weight excluding hydrogens is 404 g/mol. The molecule has 6 heteroatoms.